The molecule has 2 heterocycles. The van der Waals surface area contributed by atoms with Gasteiger partial charge in [0.2, 0.25) is 0 Å². The van der Waals surface area contributed by atoms with Gasteiger partial charge in [-0.25, -0.2) is 4.98 Å². The maximum absolute atomic E-state index is 8.51. The number of rotatable bonds is 2. The molecule has 2 rings (SSSR count). The van der Waals surface area contributed by atoms with Crippen molar-refractivity contribution >= 4 is 28.3 Å². The van der Waals surface area contributed by atoms with Crippen LogP contribution >= 0.6 is 28.3 Å². The minimum Gasteiger partial charge on any atom is -0.265 e. The number of halogens is 1. The SMILES string of the molecule is Br.N#CCc1nc(-c2ccncc2)cs1. The predicted molar refractivity (Wildman–Crippen MR) is 65.0 cm³/mol. The van der Waals surface area contributed by atoms with Crippen molar-refractivity contribution in [3.05, 3.63) is 34.9 Å². The normalized spacial score (nSPS) is 9.00. The summed E-state index contributed by atoms with van der Waals surface area (Å²) in [6.07, 6.45) is 3.85. The first-order valence-electron chi connectivity index (χ1n) is 4.12. The Morgan fingerprint density at radius 2 is 2.07 bits per heavy atom. The van der Waals surface area contributed by atoms with Crippen molar-refractivity contribution < 1.29 is 0 Å². The van der Waals surface area contributed by atoms with Crippen LogP contribution in [-0.2, 0) is 6.42 Å². The van der Waals surface area contributed by atoms with Crippen molar-refractivity contribution in [2.45, 2.75) is 6.42 Å². The second-order valence-corrected chi connectivity index (χ2v) is 3.64. The van der Waals surface area contributed by atoms with E-state index in [0.29, 0.717) is 6.42 Å². The summed E-state index contributed by atoms with van der Waals surface area (Å²) in [5.41, 5.74) is 1.96. The molecule has 0 unspecified atom stereocenters. The fourth-order valence-electron chi connectivity index (χ4n) is 1.11. The Labute approximate surface area is 102 Å². The van der Waals surface area contributed by atoms with E-state index in [1.165, 1.54) is 11.3 Å². The highest BCUT2D eigenvalue weighted by Gasteiger charge is 2.02. The van der Waals surface area contributed by atoms with E-state index in [-0.39, 0.29) is 17.0 Å². The van der Waals surface area contributed by atoms with Gasteiger partial charge in [-0.05, 0) is 12.1 Å². The number of hydrogen-bond donors (Lipinski definition) is 0. The summed E-state index contributed by atoms with van der Waals surface area (Å²) in [6, 6.07) is 5.90. The first kappa shape index (κ1) is 11.8. The number of pyridine rings is 1. The molecule has 0 saturated carbocycles. The number of aromatic nitrogens is 2. The average Bonchev–Trinajstić information content (AvgIpc) is 2.68. The average molecular weight is 282 g/mol. The zero-order chi connectivity index (χ0) is 9.80. The van der Waals surface area contributed by atoms with E-state index in [0.717, 1.165) is 16.3 Å². The Kier molecular flexibility index (Phi) is 4.40. The zero-order valence-corrected chi connectivity index (χ0v) is 10.3. The van der Waals surface area contributed by atoms with E-state index in [4.69, 9.17) is 5.26 Å². The Morgan fingerprint density at radius 3 is 2.73 bits per heavy atom. The fraction of sp³-hybridized carbons (Fsp3) is 0.100. The number of nitrogens with zero attached hydrogens (tertiary/aromatic N) is 3. The highest BCUT2D eigenvalue weighted by Crippen LogP contribution is 2.20. The minimum atomic E-state index is 0. The third-order valence-corrected chi connectivity index (χ3v) is 2.61. The molecular formula is C10H8BrN3S. The van der Waals surface area contributed by atoms with Gasteiger partial charge in [-0.1, -0.05) is 0 Å². The van der Waals surface area contributed by atoms with E-state index in [1.54, 1.807) is 12.4 Å². The summed E-state index contributed by atoms with van der Waals surface area (Å²) < 4.78 is 0. The van der Waals surface area contributed by atoms with Gasteiger partial charge < -0.3 is 0 Å². The summed E-state index contributed by atoms with van der Waals surface area (Å²) in [5, 5.41) is 11.3. The molecule has 0 aliphatic heterocycles. The molecule has 76 valence electrons. The smallest absolute Gasteiger partial charge is 0.107 e. The van der Waals surface area contributed by atoms with E-state index >= 15 is 0 Å². The van der Waals surface area contributed by atoms with Crippen LogP contribution < -0.4 is 0 Å². The van der Waals surface area contributed by atoms with E-state index < -0.39 is 0 Å². The van der Waals surface area contributed by atoms with Gasteiger partial charge in [-0.2, -0.15) is 5.26 Å². The van der Waals surface area contributed by atoms with Crippen LogP contribution in [0.25, 0.3) is 11.3 Å². The third kappa shape index (κ3) is 2.85. The second kappa shape index (κ2) is 5.59. The summed E-state index contributed by atoms with van der Waals surface area (Å²) in [7, 11) is 0. The van der Waals surface area contributed by atoms with Crippen LogP contribution in [0.5, 0.6) is 0 Å². The Morgan fingerprint density at radius 1 is 1.33 bits per heavy atom. The molecule has 0 atom stereocenters. The lowest BCUT2D eigenvalue weighted by Crippen LogP contribution is -1.81. The summed E-state index contributed by atoms with van der Waals surface area (Å²) in [6.45, 7) is 0. The monoisotopic (exact) mass is 281 g/mol. The van der Waals surface area contributed by atoms with Gasteiger partial charge in [0, 0.05) is 23.3 Å². The predicted octanol–water partition coefficient (Wildman–Crippen LogP) is 2.85. The standard InChI is InChI=1S/C10H7N3S.BrH/c11-4-1-10-13-9(7-14-10)8-2-5-12-6-3-8;/h2-3,5-7H,1H2;1H. The zero-order valence-electron chi connectivity index (χ0n) is 7.75. The summed E-state index contributed by atoms with van der Waals surface area (Å²) in [5.74, 6) is 0. The third-order valence-electron chi connectivity index (χ3n) is 1.76. The molecule has 0 spiro atoms. The number of thiazole rings is 1. The molecule has 5 heteroatoms. The number of nitriles is 1. The van der Waals surface area contributed by atoms with Crippen LogP contribution in [0.1, 0.15) is 5.01 Å². The van der Waals surface area contributed by atoms with Crippen LogP contribution in [0.3, 0.4) is 0 Å². The largest absolute Gasteiger partial charge is 0.265 e. The van der Waals surface area contributed by atoms with Crippen molar-refractivity contribution in [1.82, 2.24) is 9.97 Å². The van der Waals surface area contributed by atoms with Crippen molar-refractivity contribution in [2.24, 2.45) is 0 Å². The highest BCUT2D eigenvalue weighted by molar-refractivity contribution is 8.93. The molecule has 2 aromatic rings. The maximum atomic E-state index is 8.51. The quantitative estimate of drug-likeness (QED) is 0.851. The van der Waals surface area contributed by atoms with E-state index in [9.17, 15) is 0 Å². The first-order valence-corrected chi connectivity index (χ1v) is 5.00. The minimum absolute atomic E-state index is 0. The van der Waals surface area contributed by atoms with Gasteiger partial charge >= 0.3 is 0 Å². The summed E-state index contributed by atoms with van der Waals surface area (Å²) in [4.78, 5) is 8.28. The van der Waals surface area contributed by atoms with Crippen LogP contribution in [0.2, 0.25) is 0 Å². The van der Waals surface area contributed by atoms with Crippen LogP contribution in [0.15, 0.2) is 29.9 Å². The van der Waals surface area contributed by atoms with Gasteiger partial charge in [-0.15, -0.1) is 28.3 Å². The maximum Gasteiger partial charge on any atom is 0.107 e. The fourth-order valence-corrected chi connectivity index (χ4v) is 1.85. The van der Waals surface area contributed by atoms with Crippen LogP contribution in [0.4, 0.5) is 0 Å². The van der Waals surface area contributed by atoms with Gasteiger partial charge in [0.05, 0.1) is 18.2 Å². The number of hydrogen-bond acceptors (Lipinski definition) is 4. The van der Waals surface area contributed by atoms with Crippen LogP contribution in [0, 0.1) is 11.3 Å². The van der Waals surface area contributed by atoms with Crippen molar-refractivity contribution in [1.29, 1.82) is 5.26 Å². The molecule has 0 fully saturated rings. The Bertz CT molecular complexity index is 461. The van der Waals surface area contributed by atoms with Crippen molar-refractivity contribution in [2.75, 3.05) is 0 Å². The molecule has 2 aromatic heterocycles. The Balaban J connectivity index is 0.00000112. The first-order chi connectivity index (χ1) is 6.90. The molecular weight excluding hydrogens is 274 g/mol. The van der Waals surface area contributed by atoms with Crippen molar-refractivity contribution in [3.63, 3.8) is 0 Å². The lowest BCUT2D eigenvalue weighted by molar-refractivity contribution is 1.19. The second-order valence-electron chi connectivity index (χ2n) is 2.70. The molecule has 3 nitrogen and oxygen atoms in total. The van der Waals surface area contributed by atoms with E-state index in [2.05, 4.69) is 16.0 Å². The lowest BCUT2D eigenvalue weighted by atomic mass is 10.2. The van der Waals surface area contributed by atoms with Gasteiger partial charge in [0.25, 0.3) is 0 Å². The Hall–Kier alpha value is -1.25. The molecule has 0 N–H and O–H groups in total. The summed E-state index contributed by atoms with van der Waals surface area (Å²) >= 11 is 1.51. The molecule has 0 saturated heterocycles. The van der Waals surface area contributed by atoms with Gasteiger partial charge in [0.15, 0.2) is 0 Å². The lowest BCUT2D eigenvalue weighted by Gasteiger charge is -1.92. The van der Waals surface area contributed by atoms with Gasteiger partial charge in [-0.3, -0.25) is 4.98 Å². The molecule has 15 heavy (non-hydrogen) atoms. The topological polar surface area (TPSA) is 49.6 Å². The molecule has 0 aliphatic rings. The highest BCUT2D eigenvalue weighted by atomic mass is 79.9. The van der Waals surface area contributed by atoms with E-state index in [1.807, 2.05) is 17.5 Å². The molecule has 0 aliphatic carbocycles. The molecule has 0 amide bonds. The van der Waals surface area contributed by atoms with Gasteiger partial charge in [0.1, 0.15) is 5.01 Å². The molecule has 0 aromatic carbocycles. The molecule has 0 bridgehead atoms. The molecule has 0 radical (unpaired) electrons. The van der Waals surface area contributed by atoms with Crippen LogP contribution in [-0.4, -0.2) is 9.97 Å². The van der Waals surface area contributed by atoms with Crippen molar-refractivity contribution in [3.8, 4) is 17.3 Å².